The summed E-state index contributed by atoms with van der Waals surface area (Å²) in [4.78, 5) is 15.0. The maximum absolute atomic E-state index is 10.9. The SMILES string of the molecule is CC(=O)Nc1nonc1N=Cc1ccc(C)cc1. The summed E-state index contributed by atoms with van der Waals surface area (Å²) in [6.45, 7) is 3.39. The molecule has 0 unspecified atom stereocenters. The van der Waals surface area contributed by atoms with Gasteiger partial charge in [0.1, 0.15) is 0 Å². The van der Waals surface area contributed by atoms with Crippen LogP contribution in [-0.4, -0.2) is 22.4 Å². The molecule has 0 bridgehead atoms. The van der Waals surface area contributed by atoms with E-state index in [9.17, 15) is 4.79 Å². The van der Waals surface area contributed by atoms with E-state index >= 15 is 0 Å². The van der Waals surface area contributed by atoms with Crippen molar-refractivity contribution < 1.29 is 9.42 Å². The third-order valence-electron chi connectivity index (χ3n) is 2.18. The molecule has 0 aliphatic rings. The largest absolute Gasteiger partial charge is 0.305 e. The summed E-state index contributed by atoms with van der Waals surface area (Å²) in [7, 11) is 0. The lowest BCUT2D eigenvalue weighted by atomic mass is 10.2. The number of nitrogens with zero attached hydrogens (tertiary/aromatic N) is 3. The first-order valence-electron chi connectivity index (χ1n) is 5.36. The number of rotatable bonds is 3. The van der Waals surface area contributed by atoms with Gasteiger partial charge >= 0.3 is 0 Å². The van der Waals surface area contributed by atoms with E-state index in [2.05, 4.69) is 25.3 Å². The average Bonchev–Trinajstić information content (AvgIpc) is 2.75. The van der Waals surface area contributed by atoms with Crippen LogP contribution in [0.25, 0.3) is 0 Å². The Labute approximate surface area is 104 Å². The summed E-state index contributed by atoms with van der Waals surface area (Å²) in [5.41, 5.74) is 2.10. The van der Waals surface area contributed by atoms with E-state index in [0.29, 0.717) is 0 Å². The van der Waals surface area contributed by atoms with Crippen LogP contribution in [0.2, 0.25) is 0 Å². The zero-order chi connectivity index (χ0) is 13.0. The van der Waals surface area contributed by atoms with Crippen molar-refractivity contribution in [2.24, 2.45) is 4.99 Å². The van der Waals surface area contributed by atoms with E-state index in [-0.39, 0.29) is 17.5 Å². The fourth-order valence-corrected chi connectivity index (χ4v) is 1.30. The third-order valence-corrected chi connectivity index (χ3v) is 2.18. The molecule has 0 saturated heterocycles. The molecule has 92 valence electrons. The van der Waals surface area contributed by atoms with Gasteiger partial charge in [0.05, 0.1) is 0 Å². The van der Waals surface area contributed by atoms with Crippen LogP contribution in [0.3, 0.4) is 0 Å². The van der Waals surface area contributed by atoms with Crippen molar-refractivity contribution in [3.05, 3.63) is 35.4 Å². The molecule has 0 fully saturated rings. The van der Waals surface area contributed by atoms with Crippen molar-refractivity contribution in [3.63, 3.8) is 0 Å². The highest BCUT2D eigenvalue weighted by atomic mass is 16.6. The highest BCUT2D eigenvalue weighted by molar-refractivity contribution is 5.91. The van der Waals surface area contributed by atoms with Crippen molar-refractivity contribution in [3.8, 4) is 0 Å². The van der Waals surface area contributed by atoms with Gasteiger partial charge in [-0.3, -0.25) is 4.79 Å². The van der Waals surface area contributed by atoms with Crippen LogP contribution in [0.15, 0.2) is 33.9 Å². The predicted molar refractivity (Wildman–Crippen MR) is 67.0 cm³/mol. The summed E-state index contributed by atoms with van der Waals surface area (Å²) in [5, 5.41) is 9.63. The molecule has 2 aromatic rings. The fraction of sp³-hybridized carbons (Fsp3) is 0.167. The number of anilines is 1. The van der Waals surface area contributed by atoms with E-state index < -0.39 is 0 Å². The molecule has 1 N–H and O–H groups in total. The molecule has 1 amide bonds. The molecule has 0 saturated carbocycles. The minimum Gasteiger partial charge on any atom is -0.305 e. The minimum atomic E-state index is -0.252. The summed E-state index contributed by atoms with van der Waals surface area (Å²) >= 11 is 0. The van der Waals surface area contributed by atoms with Crippen molar-refractivity contribution in [2.45, 2.75) is 13.8 Å². The second kappa shape index (κ2) is 5.22. The van der Waals surface area contributed by atoms with Gasteiger partial charge < -0.3 is 5.32 Å². The molecule has 0 radical (unpaired) electrons. The van der Waals surface area contributed by atoms with Crippen LogP contribution in [0.1, 0.15) is 18.1 Å². The van der Waals surface area contributed by atoms with Crippen molar-refractivity contribution in [1.29, 1.82) is 0 Å². The van der Waals surface area contributed by atoms with Crippen LogP contribution in [0, 0.1) is 6.92 Å². The maximum atomic E-state index is 10.9. The molecule has 6 nitrogen and oxygen atoms in total. The van der Waals surface area contributed by atoms with Crippen molar-refractivity contribution >= 4 is 23.8 Å². The van der Waals surface area contributed by atoms with Crippen LogP contribution in [0.5, 0.6) is 0 Å². The number of aryl methyl sites for hydroxylation is 1. The molecule has 0 aliphatic heterocycles. The summed E-state index contributed by atoms with van der Waals surface area (Å²) < 4.78 is 4.53. The molecule has 0 aliphatic carbocycles. The monoisotopic (exact) mass is 244 g/mol. The number of carbonyl (C=O) groups excluding carboxylic acids is 1. The number of hydrogen-bond donors (Lipinski definition) is 1. The quantitative estimate of drug-likeness (QED) is 0.838. The lowest BCUT2D eigenvalue weighted by Crippen LogP contribution is -2.05. The fourth-order valence-electron chi connectivity index (χ4n) is 1.30. The van der Waals surface area contributed by atoms with Crippen LogP contribution >= 0.6 is 0 Å². The number of aliphatic imine (C=N–C) groups is 1. The van der Waals surface area contributed by atoms with E-state index in [4.69, 9.17) is 0 Å². The Morgan fingerprint density at radius 3 is 2.72 bits per heavy atom. The first-order chi connectivity index (χ1) is 8.65. The second-order valence-corrected chi connectivity index (χ2v) is 3.79. The highest BCUT2D eigenvalue weighted by Gasteiger charge is 2.09. The number of aromatic nitrogens is 2. The molecular weight excluding hydrogens is 232 g/mol. The summed E-state index contributed by atoms with van der Waals surface area (Å²) in [5.74, 6) is 0.203. The summed E-state index contributed by atoms with van der Waals surface area (Å²) in [6.07, 6.45) is 1.63. The Balaban J connectivity index is 2.16. The van der Waals surface area contributed by atoms with Gasteiger partial charge in [-0.1, -0.05) is 29.8 Å². The van der Waals surface area contributed by atoms with Gasteiger partial charge in [0.2, 0.25) is 17.5 Å². The molecule has 18 heavy (non-hydrogen) atoms. The Morgan fingerprint density at radius 2 is 2.06 bits per heavy atom. The first kappa shape index (κ1) is 12.0. The molecule has 0 atom stereocenters. The van der Waals surface area contributed by atoms with Gasteiger partial charge in [0.15, 0.2) is 0 Å². The second-order valence-electron chi connectivity index (χ2n) is 3.79. The van der Waals surface area contributed by atoms with E-state index in [1.165, 1.54) is 12.5 Å². The maximum Gasteiger partial charge on any atom is 0.241 e. The normalized spacial score (nSPS) is 10.8. The lowest BCUT2D eigenvalue weighted by Gasteiger charge is -1.95. The Bertz CT molecular complexity index is 572. The van der Waals surface area contributed by atoms with Gasteiger partial charge in [-0.05, 0) is 22.8 Å². The van der Waals surface area contributed by atoms with Gasteiger partial charge in [0, 0.05) is 13.1 Å². The Hall–Kier alpha value is -2.50. The van der Waals surface area contributed by atoms with E-state index in [0.717, 1.165) is 5.56 Å². The number of benzene rings is 1. The van der Waals surface area contributed by atoms with Gasteiger partial charge in [-0.15, -0.1) is 0 Å². The molecule has 1 aromatic carbocycles. The standard InChI is InChI=1S/C12H12N4O2/c1-8-3-5-10(6-4-8)7-13-11-12(14-9(2)17)16-18-15-11/h3-7H,1-2H3,(H,14,16,17). The Morgan fingerprint density at radius 1 is 1.33 bits per heavy atom. The first-order valence-corrected chi connectivity index (χ1v) is 5.36. The number of carbonyl (C=O) groups is 1. The predicted octanol–water partition coefficient (Wildman–Crippen LogP) is 2.09. The van der Waals surface area contributed by atoms with Gasteiger partial charge in [0.25, 0.3) is 0 Å². The molecule has 1 heterocycles. The molecule has 2 rings (SSSR count). The zero-order valence-electron chi connectivity index (χ0n) is 10.0. The number of amides is 1. The minimum absolute atomic E-state index is 0.214. The molecule has 1 aromatic heterocycles. The van der Waals surface area contributed by atoms with Crippen LogP contribution in [-0.2, 0) is 4.79 Å². The van der Waals surface area contributed by atoms with Crippen LogP contribution < -0.4 is 5.32 Å². The number of hydrogen-bond acceptors (Lipinski definition) is 5. The van der Waals surface area contributed by atoms with Gasteiger partial charge in [-0.2, -0.15) is 0 Å². The molecule has 6 heteroatoms. The van der Waals surface area contributed by atoms with Crippen molar-refractivity contribution in [1.82, 2.24) is 10.3 Å². The van der Waals surface area contributed by atoms with E-state index in [1.54, 1.807) is 6.21 Å². The summed E-state index contributed by atoms with van der Waals surface area (Å²) in [6, 6.07) is 7.84. The molecule has 0 spiro atoms. The van der Waals surface area contributed by atoms with Gasteiger partial charge in [-0.25, -0.2) is 9.62 Å². The lowest BCUT2D eigenvalue weighted by molar-refractivity contribution is -0.114. The number of nitrogens with one attached hydrogen (secondary N) is 1. The smallest absolute Gasteiger partial charge is 0.241 e. The van der Waals surface area contributed by atoms with Crippen molar-refractivity contribution in [2.75, 3.05) is 5.32 Å². The highest BCUT2D eigenvalue weighted by Crippen LogP contribution is 2.18. The topological polar surface area (TPSA) is 80.4 Å². The van der Waals surface area contributed by atoms with E-state index in [1.807, 2.05) is 31.2 Å². The zero-order valence-corrected chi connectivity index (χ0v) is 10.0. The average molecular weight is 244 g/mol. The molecular formula is C12H12N4O2. The Kier molecular flexibility index (Phi) is 3.47. The van der Waals surface area contributed by atoms with Crippen LogP contribution in [0.4, 0.5) is 11.6 Å². The third kappa shape index (κ3) is 3.00.